The minimum absolute atomic E-state index is 0.871. The highest BCUT2D eigenvalue weighted by molar-refractivity contribution is 5.53. The molecule has 14 heavy (non-hydrogen) atoms. The van der Waals surface area contributed by atoms with E-state index in [0.717, 1.165) is 31.7 Å². The highest BCUT2D eigenvalue weighted by Gasteiger charge is 2.11. The van der Waals surface area contributed by atoms with Crippen LogP contribution in [-0.2, 0) is 6.42 Å². The van der Waals surface area contributed by atoms with Crippen molar-refractivity contribution in [1.82, 2.24) is 0 Å². The molecule has 0 amide bonds. The Morgan fingerprint density at radius 2 is 2.29 bits per heavy atom. The second kappa shape index (κ2) is 3.91. The van der Waals surface area contributed by atoms with Gasteiger partial charge >= 0.3 is 0 Å². The number of ether oxygens (including phenoxy) is 1. The van der Waals surface area contributed by atoms with E-state index in [2.05, 4.69) is 37.1 Å². The van der Waals surface area contributed by atoms with Crippen molar-refractivity contribution in [1.29, 1.82) is 0 Å². The van der Waals surface area contributed by atoms with Crippen LogP contribution >= 0.6 is 0 Å². The van der Waals surface area contributed by atoms with E-state index < -0.39 is 0 Å². The summed E-state index contributed by atoms with van der Waals surface area (Å²) in [6, 6.07) is 6.47. The molecule has 76 valence electrons. The fraction of sp³-hybridized carbons (Fsp3) is 0.500. The van der Waals surface area contributed by atoms with Gasteiger partial charge in [-0.1, -0.05) is 0 Å². The number of aryl methyl sites for hydroxylation is 1. The lowest BCUT2D eigenvalue weighted by atomic mass is 10.1. The first-order valence-corrected chi connectivity index (χ1v) is 5.28. The number of benzene rings is 1. The molecule has 0 radical (unpaired) electrons. The summed E-state index contributed by atoms with van der Waals surface area (Å²) in [6.45, 7) is 4.07. The van der Waals surface area contributed by atoms with Gasteiger partial charge in [0.15, 0.2) is 0 Å². The number of fused-ring (bicyclic) bond motifs is 1. The lowest BCUT2D eigenvalue weighted by Gasteiger charge is -2.22. The maximum Gasteiger partial charge on any atom is 0.122 e. The molecule has 1 aliphatic rings. The summed E-state index contributed by atoms with van der Waals surface area (Å²) < 4.78 is 5.57. The second-order valence-electron chi connectivity index (χ2n) is 3.76. The Bertz CT molecular complexity index is 322. The topological polar surface area (TPSA) is 12.5 Å². The standard InChI is InChI=1S/C12H17NO/c1-3-13(2)11-6-7-12-10(9-11)5-4-8-14-12/h6-7,9H,3-5,8H2,1-2H3. The smallest absolute Gasteiger partial charge is 0.122 e. The molecule has 1 aromatic rings. The van der Waals surface area contributed by atoms with Gasteiger partial charge in [-0.2, -0.15) is 0 Å². The molecule has 1 aliphatic heterocycles. The van der Waals surface area contributed by atoms with Gasteiger partial charge in [-0.25, -0.2) is 0 Å². The molecule has 0 aromatic heterocycles. The average Bonchev–Trinajstić information content (AvgIpc) is 2.27. The van der Waals surface area contributed by atoms with Crippen molar-refractivity contribution in [2.24, 2.45) is 0 Å². The Kier molecular flexibility index (Phi) is 2.62. The summed E-state index contributed by atoms with van der Waals surface area (Å²) >= 11 is 0. The molecular formula is C12H17NO. The molecule has 2 rings (SSSR count). The Labute approximate surface area is 85.5 Å². The monoisotopic (exact) mass is 191 g/mol. The molecule has 2 heteroatoms. The lowest BCUT2D eigenvalue weighted by Crippen LogP contribution is -2.16. The van der Waals surface area contributed by atoms with Gasteiger partial charge in [-0.3, -0.25) is 0 Å². The Balaban J connectivity index is 2.29. The van der Waals surface area contributed by atoms with Crippen molar-refractivity contribution >= 4 is 5.69 Å². The van der Waals surface area contributed by atoms with Crippen LogP contribution in [0, 0.1) is 0 Å². The number of nitrogens with zero attached hydrogens (tertiary/aromatic N) is 1. The van der Waals surface area contributed by atoms with Crippen LogP contribution < -0.4 is 9.64 Å². The van der Waals surface area contributed by atoms with Crippen LogP contribution in [0.2, 0.25) is 0 Å². The van der Waals surface area contributed by atoms with Crippen molar-refractivity contribution < 1.29 is 4.74 Å². The van der Waals surface area contributed by atoms with Gasteiger partial charge in [-0.05, 0) is 43.5 Å². The third-order valence-electron chi connectivity index (χ3n) is 2.81. The summed E-state index contributed by atoms with van der Waals surface area (Å²) in [5, 5.41) is 0. The van der Waals surface area contributed by atoms with E-state index >= 15 is 0 Å². The molecule has 0 aliphatic carbocycles. The fourth-order valence-corrected chi connectivity index (χ4v) is 1.77. The van der Waals surface area contributed by atoms with Crippen molar-refractivity contribution in [3.63, 3.8) is 0 Å². The molecule has 0 unspecified atom stereocenters. The maximum atomic E-state index is 5.57. The Morgan fingerprint density at radius 3 is 3.07 bits per heavy atom. The number of hydrogen-bond acceptors (Lipinski definition) is 2. The third-order valence-corrected chi connectivity index (χ3v) is 2.81. The van der Waals surface area contributed by atoms with Gasteiger partial charge in [0.05, 0.1) is 6.61 Å². The minimum Gasteiger partial charge on any atom is -0.493 e. The van der Waals surface area contributed by atoms with Gasteiger partial charge in [-0.15, -0.1) is 0 Å². The summed E-state index contributed by atoms with van der Waals surface area (Å²) in [4.78, 5) is 2.24. The predicted octanol–water partition coefficient (Wildman–Crippen LogP) is 2.47. The predicted molar refractivity (Wildman–Crippen MR) is 59.2 cm³/mol. The zero-order valence-corrected chi connectivity index (χ0v) is 8.92. The molecule has 1 heterocycles. The van der Waals surface area contributed by atoms with Gasteiger partial charge in [0.1, 0.15) is 5.75 Å². The molecule has 2 nitrogen and oxygen atoms in total. The zero-order valence-electron chi connectivity index (χ0n) is 8.92. The number of hydrogen-bond donors (Lipinski definition) is 0. The van der Waals surface area contributed by atoms with Gasteiger partial charge < -0.3 is 9.64 Å². The first kappa shape index (κ1) is 9.38. The first-order chi connectivity index (χ1) is 6.81. The van der Waals surface area contributed by atoms with E-state index in [1.54, 1.807) is 0 Å². The van der Waals surface area contributed by atoms with Gasteiger partial charge in [0.25, 0.3) is 0 Å². The lowest BCUT2D eigenvalue weighted by molar-refractivity contribution is 0.288. The third kappa shape index (κ3) is 1.69. The van der Waals surface area contributed by atoms with Crippen molar-refractivity contribution in [2.45, 2.75) is 19.8 Å². The highest BCUT2D eigenvalue weighted by atomic mass is 16.5. The molecule has 0 saturated carbocycles. The van der Waals surface area contributed by atoms with Crippen molar-refractivity contribution in [3.05, 3.63) is 23.8 Å². The van der Waals surface area contributed by atoms with Crippen LogP contribution in [0.4, 0.5) is 5.69 Å². The van der Waals surface area contributed by atoms with Gasteiger partial charge in [0.2, 0.25) is 0 Å². The van der Waals surface area contributed by atoms with E-state index in [4.69, 9.17) is 4.74 Å². The Hall–Kier alpha value is -1.18. The molecule has 1 aromatic carbocycles. The highest BCUT2D eigenvalue weighted by Crippen LogP contribution is 2.28. The molecule has 0 saturated heterocycles. The molecule has 0 atom stereocenters. The fourth-order valence-electron chi connectivity index (χ4n) is 1.77. The zero-order chi connectivity index (χ0) is 9.97. The van der Waals surface area contributed by atoms with Crippen LogP contribution in [0.5, 0.6) is 5.75 Å². The van der Waals surface area contributed by atoms with E-state index in [1.807, 2.05) is 0 Å². The normalized spacial score (nSPS) is 14.4. The average molecular weight is 191 g/mol. The molecular weight excluding hydrogens is 174 g/mol. The second-order valence-corrected chi connectivity index (χ2v) is 3.76. The van der Waals surface area contributed by atoms with Crippen LogP contribution in [0.15, 0.2) is 18.2 Å². The summed E-state index contributed by atoms with van der Waals surface area (Å²) in [5.41, 5.74) is 2.64. The quantitative estimate of drug-likeness (QED) is 0.712. The van der Waals surface area contributed by atoms with Crippen molar-refractivity contribution in [3.8, 4) is 5.75 Å². The minimum atomic E-state index is 0.871. The van der Waals surface area contributed by atoms with Gasteiger partial charge in [0, 0.05) is 19.3 Å². The summed E-state index contributed by atoms with van der Waals surface area (Å²) in [6.07, 6.45) is 2.30. The summed E-state index contributed by atoms with van der Waals surface area (Å²) in [5.74, 6) is 1.07. The molecule has 0 fully saturated rings. The largest absolute Gasteiger partial charge is 0.493 e. The molecule has 0 N–H and O–H groups in total. The maximum absolute atomic E-state index is 5.57. The van der Waals surface area contributed by atoms with Crippen molar-refractivity contribution in [2.75, 3.05) is 25.1 Å². The van der Waals surface area contributed by atoms with E-state index in [1.165, 1.54) is 11.3 Å². The van der Waals surface area contributed by atoms with Crippen LogP contribution in [0.3, 0.4) is 0 Å². The molecule has 0 bridgehead atoms. The van der Waals surface area contributed by atoms with E-state index in [-0.39, 0.29) is 0 Å². The number of anilines is 1. The van der Waals surface area contributed by atoms with E-state index in [0.29, 0.717) is 0 Å². The SMILES string of the molecule is CCN(C)c1ccc2c(c1)CCCO2. The van der Waals surface area contributed by atoms with Crippen LogP contribution in [-0.4, -0.2) is 20.2 Å². The van der Waals surface area contributed by atoms with Crippen LogP contribution in [0.25, 0.3) is 0 Å². The summed E-state index contributed by atoms with van der Waals surface area (Å²) in [7, 11) is 2.12. The number of rotatable bonds is 2. The Morgan fingerprint density at radius 1 is 1.43 bits per heavy atom. The van der Waals surface area contributed by atoms with E-state index in [9.17, 15) is 0 Å². The first-order valence-electron chi connectivity index (χ1n) is 5.28. The molecule has 0 spiro atoms. The van der Waals surface area contributed by atoms with Crippen LogP contribution in [0.1, 0.15) is 18.9 Å².